The first-order valence-corrected chi connectivity index (χ1v) is 1.57. The lowest BCUT2D eigenvalue weighted by atomic mass is 10.5. The van der Waals surface area contributed by atoms with Crippen molar-refractivity contribution in [2.45, 2.75) is 6.10 Å². The van der Waals surface area contributed by atoms with Crippen LogP contribution in [-0.4, -0.2) is 24.9 Å². The second-order valence-corrected chi connectivity index (χ2v) is 0.965. The van der Waals surface area contributed by atoms with E-state index in [1.807, 2.05) is 0 Å². The van der Waals surface area contributed by atoms with Gasteiger partial charge in [-0.2, -0.15) is 0 Å². The molecule has 2 nitrogen and oxygen atoms in total. The van der Waals surface area contributed by atoms with Crippen molar-refractivity contribution >= 4 is 0 Å². The normalized spacial score (nSPS) is 24.0. The number of rotatable bonds is 2. The van der Waals surface area contributed by atoms with Crippen LogP contribution < -0.4 is 0 Å². The standard InChI is InChI=1S/C4H9O2/c1-4(5)3-6-2/h4-5H,1,3H2,2H3/i2D3. The van der Waals surface area contributed by atoms with Gasteiger partial charge in [-0.1, -0.05) is 0 Å². The zero-order chi connectivity index (χ0) is 7.49. The first-order chi connectivity index (χ1) is 3.92. The molecular formula is C4H9O2. The van der Waals surface area contributed by atoms with E-state index in [0.717, 1.165) is 0 Å². The second kappa shape index (κ2) is 3.12. The van der Waals surface area contributed by atoms with Gasteiger partial charge in [0.05, 0.1) is 16.8 Å². The maximum Gasteiger partial charge on any atom is 0.0774 e. The van der Waals surface area contributed by atoms with E-state index in [4.69, 9.17) is 9.22 Å². The fourth-order valence-electron chi connectivity index (χ4n) is 0.0962. The molecule has 0 aliphatic carbocycles. The largest absolute Gasteiger partial charge is 0.391 e. The van der Waals surface area contributed by atoms with Gasteiger partial charge in [0.15, 0.2) is 0 Å². The average molecular weight is 92.1 g/mol. The Morgan fingerprint density at radius 3 is 3.17 bits per heavy atom. The third-order valence-electron chi connectivity index (χ3n) is 0.276. The summed E-state index contributed by atoms with van der Waals surface area (Å²) in [4.78, 5) is 0. The molecule has 1 atom stereocenters. The summed E-state index contributed by atoms with van der Waals surface area (Å²) in [5, 5.41) is 8.43. The van der Waals surface area contributed by atoms with Crippen molar-refractivity contribution in [3.63, 3.8) is 0 Å². The van der Waals surface area contributed by atoms with Crippen molar-refractivity contribution in [3.8, 4) is 0 Å². The third kappa shape index (κ3) is 3.92. The zero-order valence-corrected chi connectivity index (χ0v) is 3.35. The molecule has 1 N–H and O–H groups in total. The third-order valence-corrected chi connectivity index (χ3v) is 0.276. The Hall–Kier alpha value is -0.0800. The molecule has 1 radical (unpaired) electrons. The van der Waals surface area contributed by atoms with E-state index < -0.39 is 13.1 Å². The van der Waals surface area contributed by atoms with E-state index in [1.165, 1.54) is 0 Å². The fraction of sp³-hybridized carbons (Fsp3) is 0.750. The summed E-state index contributed by atoms with van der Waals surface area (Å²) in [5.74, 6) is 0. The molecule has 0 amide bonds. The van der Waals surface area contributed by atoms with Crippen molar-refractivity contribution in [3.05, 3.63) is 6.92 Å². The lowest BCUT2D eigenvalue weighted by molar-refractivity contribution is 0.0917. The molecule has 6 heavy (non-hydrogen) atoms. The van der Waals surface area contributed by atoms with Gasteiger partial charge in [-0.25, -0.2) is 0 Å². The molecule has 0 saturated carbocycles. The van der Waals surface area contributed by atoms with Gasteiger partial charge < -0.3 is 9.84 Å². The molecule has 0 heterocycles. The van der Waals surface area contributed by atoms with Crippen LogP contribution in [0.4, 0.5) is 0 Å². The number of hydrogen-bond acceptors (Lipinski definition) is 2. The molecule has 0 aromatic carbocycles. The van der Waals surface area contributed by atoms with Crippen LogP contribution in [0.25, 0.3) is 0 Å². The van der Waals surface area contributed by atoms with E-state index in [0.29, 0.717) is 0 Å². The van der Waals surface area contributed by atoms with Crippen LogP contribution in [0.2, 0.25) is 0 Å². The Bertz CT molecular complexity index is 78.4. The van der Waals surface area contributed by atoms with Crippen molar-refractivity contribution < 1.29 is 14.0 Å². The second-order valence-electron chi connectivity index (χ2n) is 0.965. The maximum atomic E-state index is 8.43. The van der Waals surface area contributed by atoms with Gasteiger partial charge in [0, 0.05) is 7.04 Å². The maximum absolute atomic E-state index is 8.43. The van der Waals surface area contributed by atoms with Crippen LogP contribution in [0.15, 0.2) is 0 Å². The quantitative estimate of drug-likeness (QED) is 0.512. The van der Waals surface area contributed by atoms with Gasteiger partial charge >= 0.3 is 0 Å². The van der Waals surface area contributed by atoms with Gasteiger partial charge in [0.25, 0.3) is 0 Å². The molecule has 0 spiro atoms. The van der Waals surface area contributed by atoms with Gasteiger partial charge in [-0.05, 0) is 6.92 Å². The van der Waals surface area contributed by atoms with E-state index in [-0.39, 0.29) is 6.61 Å². The topological polar surface area (TPSA) is 29.5 Å². The van der Waals surface area contributed by atoms with E-state index in [9.17, 15) is 0 Å². The van der Waals surface area contributed by atoms with Gasteiger partial charge in [-0.15, -0.1) is 0 Å². The number of aliphatic hydroxyl groups is 1. The molecule has 1 unspecified atom stereocenters. The van der Waals surface area contributed by atoms with E-state index in [2.05, 4.69) is 11.7 Å². The van der Waals surface area contributed by atoms with Crippen molar-refractivity contribution in [1.82, 2.24) is 0 Å². The molecule has 0 rings (SSSR count). The Labute approximate surface area is 42.0 Å². The van der Waals surface area contributed by atoms with Crippen LogP contribution >= 0.6 is 0 Å². The fourth-order valence-corrected chi connectivity index (χ4v) is 0.0962. The summed E-state index contributed by atoms with van der Waals surface area (Å²) in [6.45, 7) is 2.87. The lowest BCUT2D eigenvalue weighted by Gasteiger charge is -1.97. The SMILES string of the molecule is [2H]C([2H])([2H])OCC([CH2])O. The molecule has 0 saturated heterocycles. The molecule has 0 aliphatic heterocycles. The minimum absolute atomic E-state index is 0.253. The predicted octanol–water partition coefficient (Wildman–Crippen LogP) is -0.172. The highest BCUT2D eigenvalue weighted by Gasteiger charge is 1.87. The van der Waals surface area contributed by atoms with Crippen LogP contribution in [0.5, 0.6) is 0 Å². The summed E-state index contributed by atoms with van der Waals surface area (Å²) in [5.41, 5.74) is 0. The highest BCUT2D eigenvalue weighted by molar-refractivity contribution is 4.51. The number of hydrogen-bond donors (Lipinski definition) is 1. The molecule has 0 aromatic rings. The van der Waals surface area contributed by atoms with Gasteiger partial charge in [0.1, 0.15) is 0 Å². The monoisotopic (exact) mass is 92.1 g/mol. The molecule has 0 aliphatic rings. The van der Waals surface area contributed by atoms with Crippen molar-refractivity contribution in [2.24, 2.45) is 0 Å². The van der Waals surface area contributed by atoms with Crippen LogP contribution in [0.1, 0.15) is 4.11 Å². The van der Waals surface area contributed by atoms with E-state index in [1.54, 1.807) is 0 Å². The first kappa shape index (κ1) is 2.28. The smallest absolute Gasteiger partial charge is 0.0774 e. The number of aliphatic hydroxyl groups excluding tert-OH is 1. The molecule has 0 bridgehead atoms. The van der Waals surface area contributed by atoms with Crippen LogP contribution in [0, 0.1) is 6.92 Å². The summed E-state index contributed by atoms with van der Waals surface area (Å²) in [6, 6.07) is 0. The Balaban J connectivity index is 3.28. The number of ether oxygens (including phenoxy) is 1. The molecule has 0 fully saturated rings. The van der Waals surface area contributed by atoms with Crippen molar-refractivity contribution in [2.75, 3.05) is 13.6 Å². The van der Waals surface area contributed by atoms with Crippen LogP contribution in [0.3, 0.4) is 0 Å². The molecular weight excluding hydrogens is 80.0 g/mol. The Kier molecular flexibility index (Phi) is 1.19. The van der Waals surface area contributed by atoms with Gasteiger partial charge in [0.2, 0.25) is 0 Å². The minimum Gasteiger partial charge on any atom is -0.391 e. The molecule has 37 valence electrons. The van der Waals surface area contributed by atoms with Crippen molar-refractivity contribution in [1.29, 1.82) is 0 Å². The Morgan fingerprint density at radius 1 is 2.33 bits per heavy atom. The lowest BCUT2D eigenvalue weighted by Crippen LogP contribution is -2.07. The summed E-state index contributed by atoms with van der Waals surface area (Å²) >= 11 is 0. The van der Waals surface area contributed by atoms with Gasteiger partial charge in [-0.3, -0.25) is 0 Å². The highest BCUT2D eigenvalue weighted by Crippen LogP contribution is 1.74. The first-order valence-electron chi connectivity index (χ1n) is 3.07. The Morgan fingerprint density at radius 2 is 3.00 bits per heavy atom. The summed E-state index contributed by atoms with van der Waals surface area (Å²) in [6.07, 6.45) is -0.967. The summed E-state index contributed by atoms with van der Waals surface area (Å²) < 4.78 is 23.7. The zero-order valence-electron chi connectivity index (χ0n) is 6.35. The molecule has 2 heteroatoms. The minimum atomic E-state index is -2.42. The average Bonchev–Trinajstić information content (AvgIpc) is 1.59. The van der Waals surface area contributed by atoms with Crippen LogP contribution in [-0.2, 0) is 4.74 Å². The summed E-state index contributed by atoms with van der Waals surface area (Å²) in [7, 11) is -2.42. The van der Waals surface area contributed by atoms with E-state index >= 15 is 0 Å². The number of methoxy groups -OCH3 is 1. The highest BCUT2D eigenvalue weighted by atomic mass is 16.5. The molecule has 0 aromatic heterocycles. The predicted molar refractivity (Wildman–Crippen MR) is 23.2 cm³/mol.